The number of aromatic nitrogens is 3. The molecule has 5 rings (SSSR count). The van der Waals surface area contributed by atoms with Crippen LogP contribution in [0.2, 0.25) is 0 Å². The molecule has 0 amide bonds. The molecule has 0 saturated carbocycles. The lowest BCUT2D eigenvalue weighted by molar-refractivity contribution is -0.274. The number of piperidine rings is 1. The van der Waals surface area contributed by atoms with Crippen LogP contribution < -0.4 is 9.64 Å². The number of carboxylic acids is 1. The van der Waals surface area contributed by atoms with Gasteiger partial charge in [0.25, 0.3) is 0 Å². The zero-order chi connectivity index (χ0) is 30.9. The van der Waals surface area contributed by atoms with E-state index >= 15 is 0 Å². The largest absolute Gasteiger partial charge is 0.573 e. The molecule has 1 atom stereocenters. The normalized spacial score (nSPS) is 19.0. The Morgan fingerprint density at radius 2 is 1.88 bits per heavy atom. The molecule has 1 aromatic carbocycles. The van der Waals surface area contributed by atoms with Crippen LogP contribution in [0.4, 0.5) is 23.4 Å². The Balaban J connectivity index is 1.35. The van der Waals surface area contributed by atoms with Crippen molar-refractivity contribution >= 4 is 28.9 Å². The second-order valence-corrected chi connectivity index (χ2v) is 12.2. The summed E-state index contributed by atoms with van der Waals surface area (Å²) in [5, 5.41) is 9.59. The molecule has 0 radical (unpaired) electrons. The maximum Gasteiger partial charge on any atom is 0.573 e. The van der Waals surface area contributed by atoms with Crippen LogP contribution >= 0.6 is 11.3 Å². The summed E-state index contributed by atoms with van der Waals surface area (Å²) in [4.78, 5) is 42.4. The Kier molecular flexibility index (Phi) is 8.70. The predicted octanol–water partition coefficient (Wildman–Crippen LogP) is 5.61. The summed E-state index contributed by atoms with van der Waals surface area (Å²) in [6, 6.07) is 4.71. The lowest BCUT2D eigenvalue weighted by atomic mass is 9.93. The molecule has 4 heterocycles. The molecule has 230 valence electrons. The number of likely N-dealkylation sites (tertiary alicyclic amines) is 1. The maximum atomic E-state index is 14.4. The van der Waals surface area contributed by atoms with Crippen LogP contribution in [0, 0.1) is 6.92 Å². The first-order valence-corrected chi connectivity index (χ1v) is 14.7. The zero-order valence-electron chi connectivity index (χ0n) is 23.7. The molecule has 2 saturated heterocycles. The van der Waals surface area contributed by atoms with Gasteiger partial charge in [0.1, 0.15) is 22.3 Å². The first kappa shape index (κ1) is 30.8. The number of halogens is 4. The van der Waals surface area contributed by atoms with Crippen molar-refractivity contribution in [1.29, 1.82) is 0 Å². The highest BCUT2D eigenvalue weighted by Gasteiger charge is 2.42. The Morgan fingerprint density at radius 1 is 1.14 bits per heavy atom. The number of Topliss-reactive ketones (excluding diaryl/α,β-unsaturated/α-hetero) is 1. The minimum absolute atomic E-state index is 0.0777. The third kappa shape index (κ3) is 7.29. The highest BCUT2D eigenvalue weighted by molar-refractivity contribution is 7.12. The third-order valence-corrected chi connectivity index (χ3v) is 8.88. The van der Waals surface area contributed by atoms with Crippen molar-refractivity contribution in [2.75, 3.05) is 24.5 Å². The first-order chi connectivity index (χ1) is 20.3. The van der Waals surface area contributed by atoms with Crippen LogP contribution in [-0.4, -0.2) is 74.4 Å². The molecular formula is C29H31F4N5O4S. The summed E-state index contributed by atoms with van der Waals surface area (Å²) in [6.45, 7) is 5.56. The fraction of sp³-hybridized carbons (Fsp3) is 0.483. The molecule has 2 aliphatic heterocycles. The lowest BCUT2D eigenvalue weighted by Gasteiger charge is -2.34. The Bertz CT molecular complexity index is 1490. The highest BCUT2D eigenvalue weighted by Crippen LogP contribution is 2.36. The predicted molar refractivity (Wildman–Crippen MR) is 151 cm³/mol. The van der Waals surface area contributed by atoms with Gasteiger partial charge in [-0.1, -0.05) is 0 Å². The number of aliphatic carboxylic acids is 1. The smallest absolute Gasteiger partial charge is 0.479 e. The summed E-state index contributed by atoms with van der Waals surface area (Å²) in [6.07, 6.45) is -0.439. The molecule has 1 N–H and O–H groups in total. The van der Waals surface area contributed by atoms with Crippen LogP contribution in [0.5, 0.6) is 5.75 Å². The van der Waals surface area contributed by atoms with Crippen molar-refractivity contribution in [3.8, 4) is 17.0 Å². The average Bonchev–Trinajstić information content (AvgIpc) is 3.53. The van der Waals surface area contributed by atoms with Crippen LogP contribution in [0.3, 0.4) is 0 Å². The number of thiazole rings is 1. The van der Waals surface area contributed by atoms with Crippen molar-refractivity contribution < 1.29 is 37.0 Å². The number of alkyl halides is 4. The number of anilines is 1. The van der Waals surface area contributed by atoms with Gasteiger partial charge in [0.05, 0.1) is 24.5 Å². The van der Waals surface area contributed by atoms with E-state index in [0.717, 1.165) is 24.3 Å². The number of ether oxygens (including phenoxy) is 1. The minimum atomic E-state index is -4.83. The lowest BCUT2D eigenvalue weighted by Crippen LogP contribution is -2.46. The van der Waals surface area contributed by atoms with E-state index in [1.54, 1.807) is 17.9 Å². The van der Waals surface area contributed by atoms with Crippen molar-refractivity contribution in [2.24, 2.45) is 0 Å². The van der Waals surface area contributed by atoms with E-state index in [0.29, 0.717) is 40.2 Å². The number of hydrogen-bond donors (Lipinski definition) is 1. The maximum absolute atomic E-state index is 14.4. The van der Waals surface area contributed by atoms with Crippen molar-refractivity contribution in [2.45, 2.75) is 70.6 Å². The van der Waals surface area contributed by atoms with Gasteiger partial charge in [0.2, 0.25) is 5.67 Å². The van der Waals surface area contributed by atoms with Crippen LogP contribution in [0.1, 0.15) is 58.5 Å². The number of ketones is 1. The first-order valence-electron chi connectivity index (χ1n) is 13.9. The molecule has 2 fully saturated rings. The second-order valence-electron chi connectivity index (χ2n) is 11.0. The number of nitrogens with zero attached hydrogens (tertiary/aromatic N) is 5. The van der Waals surface area contributed by atoms with Gasteiger partial charge in [-0.3, -0.25) is 9.69 Å². The number of aryl methyl sites for hydroxylation is 1. The summed E-state index contributed by atoms with van der Waals surface area (Å²) < 4.78 is 57.5. The Hall–Kier alpha value is -3.65. The molecule has 0 unspecified atom stereocenters. The van der Waals surface area contributed by atoms with Crippen LogP contribution in [-0.2, 0) is 17.8 Å². The van der Waals surface area contributed by atoms with Gasteiger partial charge in [-0.2, -0.15) is 0 Å². The Labute approximate surface area is 249 Å². The van der Waals surface area contributed by atoms with Gasteiger partial charge in [-0.15, -0.1) is 24.5 Å². The van der Waals surface area contributed by atoms with Gasteiger partial charge in [0.15, 0.2) is 5.78 Å². The summed E-state index contributed by atoms with van der Waals surface area (Å²) >= 11 is 1.34. The number of hydrogen-bond acceptors (Lipinski definition) is 9. The quantitative estimate of drug-likeness (QED) is 0.241. The molecule has 3 aromatic rings. The molecule has 0 bridgehead atoms. The molecule has 43 heavy (non-hydrogen) atoms. The van der Waals surface area contributed by atoms with Gasteiger partial charge in [0, 0.05) is 49.0 Å². The monoisotopic (exact) mass is 621 g/mol. The molecule has 2 aromatic heterocycles. The van der Waals surface area contributed by atoms with E-state index in [9.17, 15) is 27.2 Å². The van der Waals surface area contributed by atoms with E-state index < -0.39 is 18.0 Å². The highest BCUT2D eigenvalue weighted by atomic mass is 32.1. The average molecular weight is 622 g/mol. The Morgan fingerprint density at radius 3 is 2.49 bits per heavy atom. The van der Waals surface area contributed by atoms with E-state index in [-0.39, 0.29) is 49.6 Å². The van der Waals surface area contributed by atoms with Gasteiger partial charge < -0.3 is 14.7 Å². The zero-order valence-corrected chi connectivity index (χ0v) is 24.5. The minimum Gasteiger partial charge on any atom is -0.479 e. The van der Waals surface area contributed by atoms with E-state index in [2.05, 4.69) is 26.5 Å². The number of carbonyl (C=O) groups excluding carboxylic acids is 1. The molecule has 2 aliphatic rings. The number of benzene rings is 1. The summed E-state index contributed by atoms with van der Waals surface area (Å²) in [7, 11) is 0. The second kappa shape index (κ2) is 12.2. The van der Waals surface area contributed by atoms with Crippen molar-refractivity contribution in [3.63, 3.8) is 0 Å². The van der Waals surface area contributed by atoms with E-state index in [1.165, 1.54) is 35.9 Å². The van der Waals surface area contributed by atoms with Crippen molar-refractivity contribution in [1.82, 2.24) is 19.9 Å². The molecule has 14 heteroatoms. The third-order valence-electron chi connectivity index (χ3n) is 7.84. The summed E-state index contributed by atoms with van der Waals surface area (Å²) in [5.74, 6) is -1.73. The van der Waals surface area contributed by atoms with Crippen molar-refractivity contribution in [3.05, 3.63) is 51.7 Å². The van der Waals surface area contributed by atoms with E-state index in [4.69, 9.17) is 10.1 Å². The number of rotatable bonds is 9. The number of carboxylic acid groups (broad SMARTS) is 1. The van der Waals surface area contributed by atoms with Gasteiger partial charge >= 0.3 is 12.3 Å². The molecule has 0 aliphatic carbocycles. The fourth-order valence-corrected chi connectivity index (χ4v) is 6.57. The molecule has 0 spiro atoms. The van der Waals surface area contributed by atoms with Crippen LogP contribution in [0.15, 0.2) is 30.6 Å². The standard InChI is InChI=1S/C29H31F4N5O4S/c1-17-10-19(12-20(11-17)42-29(31,32)33)26-23(16-38-7-3-4-18(38)2)43-25(36-26)13-22(39)21-14-35-24(15-34-21)37-8-5-28(30,6-9-37)27(40)41/h10-12,14-15,18H,3-9,13,16H2,1-2H3,(H,40,41)/t18-/m1/s1. The van der Waals surface area contributed by atoms with E-state index in [1.807, 2.05) is 0 Å². The fourth-order valence-electron chi connectivity index (χ4n) is 5.46. The molecular weight excluding hydrogens is 590 g/mol. The number of carbonyl (C=O) groups is 2. The summed E-state index contributed by atoms with van der Waals surface area (Å²) in [5.41, 5.74) is -0.592. The van der Waals surface area contributed by atoms with Crippen LogP contribution in [0.25, 0.3) is 11.3 Å². The molecule has 9 nitrogen and oxygen atoms in total. The van der Waals surface area contributed by atoms with Gasteiger partial charge in [-0.25, -0.2) is 24.1 Å². The SMILES string of the molecule is Cc1cc(OC(F)(F)F)cc(-c2nc(CC(=O)c3cnc(N4CCC(F)(C(=O)O)CC4)cn3)sc2CN2CCC[C@H]2C)c1. The topological polar surface area (TPSA) is 109 Å². The van der Waals surface area contributed by atoms with Gasteiger partial charge in [-0.05, 0) is 57.0 Å².